The summed E-state index contributed by atoms with van der Waals surface area (Å²) in [6.07, 6.45) is 5.56. The van der Waals surface area contributed by atoms with Crippen molar-refractivity contribution in [2.45, 2.75) is 52.5 Å². The van der Waals surface area contributed by atoms with Crippen LogP contribution in [0, 0.1) is 11.3 Å². The molecule has 0 radical (unpaired) electrons. The predicted molar refractivity (Wildman–Crippen MR) is 76.9 cm³/mol. The van der Waals surface area contributed by atoms with Crippen molar-refractivity contribution < 1.29 is 0 Å². The Labute approximate surface area is 113 Å². The molecule has 2 aliphatic rings. The van der Waals surface area contributed by atoms with Gasteiger partial charge in [0.1, 0.15) is 0 Å². The molecule has 0 aromatic carbocycles. The van der Waals surface area contributed by atoms with Crippen molar-refractivity contribution >= 4 is 12.4 Å². The summed E-state index contributed by atoms with van der Waals surface area (Å²) in [4.78, 5) is 2.78. The SMILES string of the molecule is CC(C)(C)[C@H]1CCCN(C2CCNCC2)C1.Cl. The monoisotopic (exact) mass is 260 g/mol. The minimum absolute atomic E-state index is 0. The van der Waals surface area contributed by atoms with E-state index < -0.39 is 0 Å². The van der Waals surface area contributed by atoms with Crippen molar-refractivity contribution in [2.24, 2.45) is 11.3 Å². The van der Waals surface area contributed by atoms with Gasteiger partial charge >= 0.3 is 0 Å². The first-order chi connectivity index (χ1) is 7.57. The van der Waals surface area contributed by atoms with Crippen LogP contribution in [-0.4, -0.2) is 37.1 Å². The fraction of sp³-hybridized carbons (Fsp3) is 1.00. The number of hydrogen-bond donors (Lipinski definition) is 1. The number of nitrogens with one attached hydrogen (secondary N) is 1. The minimum atomic E-state index is 0. The maximum atomic E-state index is 3.47. The van der Waals surface area contributed by atoms with E-state index in [4.69, 9.17) is 0 Å². The Balaban J connectivity index is 0.00000144. The topological polar surface area (TPSA) is 15.3 Å². The van der Waals surface area contributed by atoms with E-state index in [0.717, 1.165) is 12.0 Å². The molecule has 2 heterocycles. The van der Waals surface area contributed by atoms with Gasteiger partial charge in [0.25, 0.3) is 0 Å². The van der Waals surface area contributed by atoms with Crippen LogP contribution in [0.1, 0.15) is 46.5 Å². The van der Waals surface area contributed by atoms with Crippen LogP contribution >= 0.6 is 12.4 Å². The average molecular weight is 261 g/mol. The zero-order chi connectivity index (χ0) is 11.6. The Morgan fingerprint density at radius 1 is 1.06 bits per heavy atom. The van der Waals surface area contributed by atoms with Crippen LogP contribution in [0.15, 0.2) is 0 Å². The molecule has 2 nitrogen and oxygen atoms in total. The number of piperidine rings is 2. The second kappa shape index (κ2) is 6.40. The Hall–Kier alpha value is 0.210. The summed E-state index contributed by atoms with van der Waals surface area (Å²) in [5.74, 6) is 0.899. The highest BCUT2D eigenvalue weighted by Gasteiger charge is 2.32. The lowest BCUT2D eigenvalue weighted by Crippen LogP contribution is -2.49. The molecule has 0 bridgehead atoms. The summed E-state index contributed by atoms with van der Waals surface area (Å²) in [6.45, 7) is 12.4. The highest BCUT2D eigenvalue weighted by molar-refractivity contribution is 5.85. The van der Waals surface area contributed by atoms with E-state index in [2.05, 4.69) is 31.0 Å². The summed E-state index contributed by atoms with van der Waals surface area (Å²) in [5.41, 5.74) is 0.492. The fourth-order valence-electron chi connectivity index (χ4n) is 3.22. The van der Waals surface area contributed by atoms with Crippen molar-refractivity contribution in [1.29, 1.82) is 0 Å². The summed E-state index contributed by atoms with van der Waals surface area (Å²) in [7, 11) is 0. The molecule has 0 amide bonds. The van der Waals surface area contributed by atoms with Gasteiger partial charge in [0.15, 0.2) is 0 Å². The van der Waals surface area contributed by atoms with Gasteiger partial charge in [-0.2, -0.15) is 0 Å². The van der Waals surface area contributed by atoms with E-state index in [1.807, 2.05) is 0 Å². The van der Waals surface area contributed by atoms with Gasteiger partial charge < -0.3 is 5.32 Å². The number of halogens is 1. The number of rotatable bonds is 1. The zero-order valence-corrected chi connectivity index (χ0v) is 12.5. The van der Waals surface area contributed by atoms with Crippen molar-refractivity contribution in [2.75, 3.05) is 26.2 Å². The van der Waals surface area contributed by atoms with E-state index in [9.17, 15) is 0 Å². The lowest BCUT2D eigenvalue weighted by molar-refractivity contribution is 0.0570. The van der Waals surface area contributed by atoms with Gasteiger partial charge in [0, 0.05) is 12.6 Å². The molecule has 0 aromatic heterocycles. The van der Waals surface area contributed by atoms with Crippen LogP contribution in [0.4, 0.5) is 0 Å². The maximum Gasteiger partial charge on any atom is 0.0119 e. The Bertz CT molecular complexity index is 219. The van der Waals surface area contributed by atoms with Gasteiger partial charge in [-0.3, -0.25) is 4.90 Å². The minimum Gasteiger partial charge on any atom is -0.317 e. The normalized spacial score (nSPS) is 28.8. The Morgan fingerprint density at radius 2 is 1.71 bits per heavy atom. The lowest BCUT2D eigenvalue weighted by atomic mass is 9.76. The molecule has 2 rings (SSSR count). The molecule has 17 heavy (non-hydrogen) atoms. The fourth-order valence-corrected chi connectivity index (χ4v) is 3.22. The van der Waals surface area contributed by atoms with Gasteiger partial charge in [0.05, 0.1) is 0 Å². The van der Waals surface area contributed by atoms with Gasteiger partial charge in [0.2, 0.25) is 0 Å². The largest absolute Gasteiger partial charge is 0.317 e. The molecule has 2 aliphatic heterocycles. The van der Waals surface area contributed by atoms with Crippen LogP contribution in [0.5, 0.6) is 0 Å². The Kier molecular flexibility index (Phi) is 5.75. The van der Waals surface area contributed by atoms with E-state index in [1.165, 1.54) is 51.9 Å². The number of hydrogen-bond acceptors (Lipinski definition) is 2. The summed E-state index contributed by atoms with van der Waals surface area (Å²) >= 11 is 0. The molecule has 0 saturated carbocycles. The standard InChI is InChI=1S/C14H28N2.ClH/c1-14(2,3)12-5-4-10-16(11-12)13-6-8-15-9-7-13;/h12-13,15H,4-11H2,1-3H3;1H/t12-;/m0./s1. The van der Waals surface area contributed by atoms with E-state index >= 15 is 0 Å². The molecule has 0 aromatic rings. The third-order valence-electron chi connectivity index (χ3n) is 4.50. The molecule has 2 saturated heterocycles. The molecular weight excluding hydrogens is 232 g/mol. The van der Waals surface area contributed by atoms with Gasteiger partial charge in [-0.25, -0.2) is 0 Å². The van der Waals surface area contributed by atoms with Crippen LogP contribution in [0.2, 0.25) is 0 Å². The summed E-state index contributed by atoms with van der Waals surface area (Å²) < 4.78 is 0. The predicted octanol–water partition coefficient (Wildman–Crippen LogP) is 2.92. The van der Waals surface area contributed by atoms with Gasteiger partial charge in [-0.1, -0.05) is 20.8 Å². The Morgan fingerprint density at radius 3 is 2.29 bits per heavy atom. The second-order valence-corrected chi connectivity index (χ2v) is 6.68. The first-order valence-corrected chi connectivity index (χ1v) is 7.02. The highest BCUT2D eigenvalue weighted by Crippen LogP contribution is 2.34. The van der Waals surface area contributed by atoms with Crippen molar-refractivity contribution in [3.63, 3.8) is 0 Å². The number of likely N-dealkylation sites (tertiary alicyclic amines) is 1. The highest BCUT2D eigenvalue weighted by atomic mass is 35.5. The van der Waals surface area contributed by atoms with Crippen LogP contribution < -0.4 is 5.32 Å². The molecule has 0 spiro atoms. The zero-order valence-electron chi connectivity index (χ0n) is 11.7. The molecule has 102 valence electrons. The maximum absolute atomic E-state index is 3.47. The second-order valence-electron chi connectivity index (χ2n) is 6.68. The first kappa shape index (κ1) is 15.3. The quantitative estimate of drug-likeness (QED) is 0.780. The summed E-state index contributed by atoms with van der Waals surface area (Å²) in [5, 5.41) is 3.47. The van der Waals surface area contributed by atoms with Crippen molar-refractivity contribution in [1.82, 2.24) is 10.2 Å². The van der Waals surface area contributed by atoms with Crippen molar-refractivity contribution in [3.05, 3.63) is 0 Å². The summed E-state index contributed by atoms with van der Waals surface area (Å²) in [6, 6.07) is 0.867. The van der Waals surface area contributed by atoms with Crippen molar-refractivity contribution in [3.8, 4) is 0 Å². The molecule has 0 aliphatic carbocycles. The van der Waals surface area contributed by atoms with E-state index in [-0.39, 0.29) is 12.4 Å². The molecular formula is C14H29ClN2. The molecule has 1 N–H and O–H groups in total. The lowest BCUT2D eigenvalue weighted by Gasteiger charge is -2.44. The third-order valence-corrected chi connectivity index (χ3v) is 4.50. The third kappa shape index (κ3) is 4.11. The molecule has 2 fully saturated rings. The molecule has 3 heteroatoms. The molecule has 1 atom stereocenters. The number of nitrogens with zero attached hydrogens (tertiary/aromatic N) is 1. The van der Waals surface area contributed by atoms with E-state index in [1.54, 1.807) is 0 Å². The van der Waals surface area contributed by atoms with Crippen LogP contribution in [-0.2, 0) is 0 Å². The van der Waals surface area contributed by atoms with E-state index in [0.29, 0.717) is 5.41 Å². The average Bonchev–Trinajstić information content (AvgIpc) is 2.29. The van der Waals surface area contributed by atoms with Crippen LogP contribution in [0.25, 0.3) is 0 Å². The van der Waals surface area contributed by atoms with Gasteiger partial charge in [-0.15, -0.1) is 12.4 Å². The van der Waals surface area contributed by atoms with Crippen LogP contribution in [0.3, 0.4) is 0 Å². The smallest absolute Gasteiger partial charge is 0.0119 e. The first-order valence-electron chi connectivity index (χ1n) is 7.02. The van der Waals surface area contributed by atoms with Gasteiger partial charge in [-0.05, 0) is 56.7 Å². The molecule has 0 unspecified atom stereocenters.